The van der Waals surface area contributed by atoms with Crippen LogP contribution in [-0.2, 0) is 5.60 Å². The van der Waals surface area contributed by atoms with E-state index in [4.69, 9.17) is 4.74 Å². The predicted molar refractivity (Wildman–Crippen MR) is 75.1 cm³/mol. The molecule has 4 atom stereocenters. The fraction of sp³-hybridized carbons (Fsp3) is 0.625. The number of benzene rings is 1. The Morgan fingerprint density at radius 2 is 2.05 bits per heavy atom. The maximum Gasteiger partial charge on any atom is 0.124 e. The summed E-state index contributed by atoms with van der Waals surface area (Å²) in [6, 6.07) is 7.93. The molecule has 1 aromatic carbocycles. The molecule has 1 aliphatic carbocycles. The lowest BCUT2D eigenvalue weighted by atomic mass is 9.62. The third-order valence-corrected chi connectivity index (χ3v) is 5.17. The second-order valence-corrected chi connectivity index (χ2v) is 6.03. The average molecular weight is 261 g/mol. The van der Waals surface area contributed by atoms with Crippen LogP contribution in [0.5, 0.6) is 5.75 Å². The third-order valence-electron chi connectivity index (χ3n) is 5.17. The van der Waals surface area contributed by atoms with Crippen LogP contribution in [0.25, 0.3) is 0 Å². The number of fused-ring (bicyclic) bond motifs is 1. The molecule has 0 bridgehead atoms. The molecule has 2 N–H and O–H groups in total. The van der Waals surface area contributed by atoms with Gasteiger partial charge in [-0.2, -0.15) is 0 Å². The highest BCUT2D eigenvalue weighted by Gasteiger charge is 2.52. The van der Waals surface area contributed by atoms with Gasteiger partial charge in [0.05, 0.1) is 7.11 Å². The third kappa shape index (κ3) is 1.87. The van der Waals surface area contributed by atoms with Gasteiger partial charge in [0.25, 0.3) is 0 Å². The number of aliphatic hydroxyl groups is 1. The zero-order valence-electron chi connectivity index (χ0n) is 11.7. The molecule has 104 valence electrons. The second-order valence-electron chi connectivity index (χ2n) is 6.03. The molecule has 1 saturated heterocycles. The zero-order valence-corrected chi connectivity index (χ0v) is 11.7. The maximum absolute atomic E-state index is 11.5. The summed E-state index contributed by atoms with van der Waals surface area (Å²) in [7, 11) is 1.68. The SMILES string of the molecule is COc1ccccc1C1(O)C(C)CCC2CNCC21. The maximum atomic E-state index is 11.5. The smallest absolute Gasteiger partial charge is 0.124 e. The summed E-state index contributed by atoms with van der Waals surface area (Å²) < 4.78 is 5.48. The van der Waals surface area contributed by atoms with Crippen LogP contribution in [-0.4, -0.2) is 25.3 Å². The average Bonchev–Trinajstić information content (AvgIpc) is 2.92. The minimum Gasteiger partial charge on any atom is -0.496 e. The molecule has 0 aromatic heterocycles. The van der Waals surface area contributed by atoms with Crippen molar-refractivity contribution < 1.29 is 9.84 Å². The topological polar surface area (TPSA) is 41.5 Å². The number of nitrogens with one attached hydrogen (secondary N) is 1. The summed E-state index contributed by atoms with van der Waals surface area (Å²) in [6.45, 7) is 4.11. The van der Waals surface area contributed by atoms with Crippen LogP contribution in [0.4, 0.5) is 0 Å². The normalized spacial score (nSPS) is 37.9. The first-order valence-corrected chi connectivity index (χ1v) is 7.24. The first-order chi connectivity index (χ1) is 9.17. The summed E-state index contributed by atoms with van der Waals surface area (Å²) in [6.07, 6.45) is 2.30. The lowest BCUT2D eigenvalue weighted by Gasteiger charge is -2.46. The van der Waals surface area contributed by atoms with E-state index in [-0.39, 0.29) is 5.92 Å². The van der Waals surface area contributed by atoms with Crippen molar-refractivity contribution in [3.8, 4) is 5.75 Å². The van der Waals surface area contributed by atoms with Crippen LogP contribution in [0.1, 0.15) is 25.3 Å². The largest absolute Gasteiger partial charge is 0.496 e. The number of hydrogen-bond donors (Lipinski definition) is 2. The number of hydrogen-bond acceptors (Lipinski definition) is 3. The van der Waals surface area contributed by atoms with Crippen molar-refractivity contribution >= 4 is 0 Å². The van der Waals surface area contributed by atoms with Crippen LogP contribution < -0.4 is 10.1 Å². The molecule has 4 unspecified atom stereocenters. The van der Waals surface area contributed by atoms with E-state index in [2.05, 4.69) is 12.2 Å². The molecule has 3 heteroatoms. The first-order valence-electron chi connectivity index (χ1n) is 7.24. The highest BCUT2D eigenvalue weighted by Crippen LogP contribution is 2.51. The van der Waals surface area contributed by atoms with Crippen LogP contribution in [0.15, 0.2) is 24.3 Å². The van der Waals surface area contributed by atoms with Crippen molar-refractivity contribution in [2.45, 2.75) is 25.4 Å². The highest BCUT2D eigenvalue weighted by atomic mass is 16.5. The van der Waals surface area contributed by atoms with Gasteiger partial charge < -0.3 is 15.2 Å². The molecule has 2 fully saturated rings. The van der Waals surface area contributed by atoms with E-state index in [1.165, 1.54) is 6.42 Å². The van der Waals surface area contributed by atoms with E-state index in [1.807, 2.05) is 24.3 Å². The van der Waals surface area contributed by atoms with Gasteiger partial charge in [0.2, 0.25) is 0 Å². The van der Waals surface area contributed by atoms with Crippen molar-refractivity contribution in [1.82, 2.24) is 5.32 Å². The number of ether oxygens (including phenoxy) is 1. The second kappa shape index (κ2) is 4.80. The zero-order chi connectivity index (χ0) is 13.5. The summed E-state index contributed by atoms with van der Waals surface area (Å²) in [5, 5.41) is 14.9. The van der Waals surface area contributed by atoms with Crippen LogP contribution in [0.2, 0.25) is 0 Å². The van der Waals surface area contributed by atoms with E-state index in [9.17, 15) is 5.11 Å². The van der Waals surface area contributed by atoms with Gasteiger partial charge in [-0.1, -0.05) is 25.1 Å². The van der Waals surface area contributed by atoms with Crippen LogP contribution in [0.3, 0.4) is 0 Å². The van der Waals surface area contributed by atoms with Gasteiger partial charge in [0, 0.05) is 18.0 Å². The molecule has 1 aliphatic heterocycles. The van der Waals surface area contributed by atoms with Crippen LogP contribution in [0, 0.1) is 17.8 Å². The predicted octanol–water partition coefficient (Wildman–Crippen LogP) is 2.15. The van der Waals surface area contributed by atoms with Gasteiger partial charge >= 0.3 is 0 Å². The summed E-state index contributed by atoms with van der Waals surface area (Å²) in [5.74, 6) is 1.97. The number of methoxy groups -OCH3 is 1. The van der Waals surface area contributed by atoms with Gasteiger partial charge in [-0.3, -0.25) is 0 Å². The van der Waals surface area contributed by atoms with Crippen LogP contribution >= 0.6 is 0 Å². The Hall–Kier alpha value is -1.06. The fourth-order valence-corrected chi connectivity index (χ4v) is 4.04. The van der Waals surface area contributed by atoms with Crippen molar-refractivity contribution in [1.29, 1.82) is 0 Å². The molecule has 3 rings (SSSR count). The summed E-state index contributed by atoms with van der Waals surface area (Å²) in [5.41, 5.74) is 0.197. The molecule has 2 aliphatic rings. The summed E-state index contributed by atoms with van der Waals surface area (Å²) in [4.78, 5) is 0. The Labute approximate surface area is 115 Å². The Balaban J connectivity index is 2.07. The van der Waals surface area contributed by atoms with Gasteiger partial charge in [-0.05, 0) is 37.3 Å². The molecular weight excluding hydrogens is 238 g/mol. The lowest BCUT2D eigenvalue weighted by molar-refractivity contribution is -0.105. The van der Waals surface area contributed by atoms with E-state index < -0.39 is 5.60 Å². The molecule has 0 radical (unpaired) electrons. The van der Waals surface area contributed by atoms with E-state index in [1.54, 1.807) is 7.11 Å². The number of rotatable bonds is 2. The molecular formula is C16H23NO2. The molecule has 0 amide bonds. The van der Waals surface area contributed by atoms with E-state index >= 15 is 0 Å². The minimum absolute atomic E-state index is 0.268. The van der Waals surface area contributed by atoms with Gasteiger partial charge in [0.1, 0.15) is 11.4 Å². The summed E-state index contributed by atoms with van der Waals surface area (Å²) >= 11 is 0. The standard InChI is InChI=1S/C16H23NO2/c1-11-7-8-12-9-17-10-14(12)16(11,18)13-5-3-4-6-15(13)19-2/h3-6,11-12,14,17-18H,7-10H2,1-2H3. The molecule has 1 aromatic rings. The number of para-hydroxylation sites is 1. The molecule has 1 saturated carbocycles. The first kappa shape index (κ1) is 12.9. The van der Waals surface area contributed by atoms with Crippen molar-refractivity contribution in [2.75, 3.05) is 20.2 Å². The molecule has 1 heterocycles. The van der Waals surface area contributed by atoms with Gasteiger partial charge in [0.15, 0.2) is 0 Å². The highest BCUT2D eigenvalue weighted by molar-refractivity contribution is 5.40. The Morgan fingerprint density at radius 1 is 1.26 bits per heavy atom. The monoisotopic (exact) mass is 261 g/mol. The Bertz CT molecular complexity index is 462. The van der Waals surface area contributed by atoms with E-state index in [0.717, 1.165) is 30.8 Å². The van der Waals surface area contributed by atoms with Crippen molar-refractivity contribution in [3.63, 3.8) is 0 Å². The fourth-order valence-electron chi connectivity index (χ4n) is 4.04. The lowest BCUT2D eigenvalue weighted by Crippen LogP contribution is -2.48. The Morgan fingerprint density at radius 3 is 2.84 bits per heavy atom. The Kier molecular flexibility index (Phi) is 3.27. The molecule has 3 nitrogen and oxygen atoms in total. The minimum atomic E-state index is -0.765. The van der Waals surface area contributed by atoms with E-state index in [0.29, 0.717) is 11.8 Å². The molecule has 19 heavy (non-hydrogen) atoms. The quantitative estimate of drug-likeness (QED) is 0.857. The van der Waals surface area contributed by atoms with Crippen molar-refractivity contribution in [2.24, 2.45) is 17.8 Å². The van der Waals surface area contributed by atoms with Gasteiger partial charge in [-0.25, -0.2) is 0 Å². The molecule has 0 spiro atoms. The van der Waals surface area contributed by atoms with Gasteiger partial charge in [-0.15, -0.1) is 0 Å². The van der Waals surface area contributed by atoms with Crippen molar-refractivity contribution in [3.05, 3.63) is 29.8 Å².